The molecule has 35 heavy (non-hydrogen) atoms. The zero-order chi connectivity index (χ0) is 24.4. The van der Waals surface area contributed by atoms with Gasteiger partial charge in [-0.1, -0.05) is 18.2 Å². The molecular weight excluding hydrogens is 468 g/mol. The number of furan rings is 1. The van der Waals surface area contributed by atoms with Gasteiger partial charge in [0, 0.05) is 24.6 Å². The maximum Gasteiger partial charge on any atom is 0.261 e. The molecule has 0 bridgehead atoms. The monoisotopic (exact) mass is 492 g/mol. The van der Waals surface area contributed by atoms with E-state index in [0.717, 1.165) is 12.8 Å². The number of aromatic nitrogens is 2. The minimum atomic E-state index is -3.79. The smallest absolute Gasteiger partial charge is 0.261 e. The Morgan fingerprint density at radius 1 is 1.09 bits per heavy atom. The molecule has 0 saturated heterocycles. The van der Waals surface area contributed by atoms with Gasteiger partial charge in [0.25, 0.3) is 5.56 Å². The van der Waals surface area contributed by atoms with E-state index in [1.807, 2.05) is 12.1 Å². The molecule has 2 heterocycles. The number of benzene rings is 2. The number of hydrogen-bond donors (Lipinski definition) is 2. The lowest BCUT2D eigenvalue weighted by atomic mass is 10.2. The van der Waals surface area contributed by atoms with Gasteiger partial charge < -0.3 is 9.73 Å². The largest absolute Gasteiger partial charge is 0.468 e. The number of aryl methyl sites for hydroxylation is 1. The van der Waals surface area contributed by atoms with Crippen molar-refractivity contribution in [3.8, 4) is 0 Å². The van der Waals surface area contributed by atoms with Crippen LogP contribution in [-0.4, -0.2) is 23.9 Å². The third-order valence-corrected chi connectivity index (χ3v) is 7.21. The number of nitrogens with zero attached hydrogens (tertiary/aromatic N) is 2. The van der Waals surface area contributed by atoms with Gasteiger partial charge >= 0.3 is 0 Å². The Hall–Kier alpha value is -3.76. The number of carbonyl (C=O) groups is 1. The van der Waals surface area contributed by atoms with Gasteiger partial charge in [0.15, 0.2) is 0 Å². The molecule has 2 N–H and O–H groups in total. The Kier molecular flexibility index (Phi) is 6.23. The molecule has 0 unspecified atom stereocenters. The van der Waals surface area contributed by atoms with E-state index in [-0.39, 0.29) is 35.4 Å². The average molecular weight is 493 g/mol. The van der Waals surface area contributed by atoms with Crippen LogP contribution in [0.15, 0.2) is 81.0 Å². The molecule has 1 saturated carbocycles. The van der Waals surface area contributed by atoms with E-state index in [2.05, 4.69) is 15.0 Å². The minimum Gasteiger partial charge on any atom is -0.468 e. The quantitative estimate of drug-likeness (QED) is 0.369. The predicted molar refractivity (Wildman–Crippen MR) is 130 cm³/mol. The highest BCUT2D eigenvalue weighted by Crippen LogP contribution is 2.35. The molecule has 1 aliphatic rings. The summed E-state index contributed by atoms with van der Waals surface area (Å²) in [7, 11) is -3.79. The van der Waals surface area contributed by atoms with E-state index in [1.54, 1.807) is 41.0 Å². The lowest BCUT2D eigenvalue weighted by molar-refractivity contribution is -0.116. The summed E-state index contributed by atoms with van der Waals surface area (Å²) in [4.78, 5) is 30.3. The van der Waals surface area contributed by atoms with Crippen LogP contribution in [0.2, 0.25) is 0 Å². The zero-order valence-corrected chi connectivity index (χ0v) is 19.6. The molecular formula is C25H24N4O5S. The second-order valence-corrected chi connectivity index (χ2v) is 10.2. The Balaban J connectivity index is 1.27. The zero-order valence-electron chi connectivity index (χ0n) is 18.8. The van der Waals surface area contributed by atoms with Crippen LogP contribution in [0.25, 0.3) is 10.9 Å². The van der Waals surface area contributed by atoms with Crippen LogP contribution in [0.1, 0.15) is 36.9 Å². The van der Waals surface area contributed by atoms with Crippen LogP contribution in [0.5, 0.6) is 0 Å². The summed E-state index contributed by atoms with van der Waals surface area (Å²) in [5.41, 5.74) is 0.903. The second kappa shape index (κ2) is 9.47. The fraction of sp³-hybridized carbons (Fsp3) is 0.240. The Labute approximate surface area is 201 Å². The van der Waals surface area contributed by atoms with E-state index in [4.69, 9.17) is 4.42 Å². The van der Waals surface area contributed by atoms with E-state index in [9.17, 15) is 18.0 Å². The normalized spacial score (nSPS) is 13.7. The standard InChI is InChI=1S/C25H24N4O5S/c30-24(13-12-23-28-22-9-2-1-8-21(22)25(31)29(23)18-10-11-18)27-17-5-3-7-20(15-17)35(32,33)26-16-19-6-4-14-34-19/h1-9,14-15,18,26H,10-13,16H2,(H,27,30). The molecule has 2 aromatic heterocycles. The molecule has 2 aromatic carbocycles. The highest BCUT2D eigenvalue weighted by molar-refractivity contribution is 7.89. The molecule has 5 rings (SSSR count). The van der Waals surface area contributed by atoms with Crippen molar-refractivity contribution in [3.63, 3.8) is 0 Å². The van der Waals surface area contributed by atoms with Crippen molar-refractivity contribution in [2.24, 2.45) is 0 Å². The highest BCUT2D eigenvalue weighted by atomic mass is 32.2. The van der Waals surface area contributed by atoms with E-state index in [0.29, 0.717) is 34.6 Å². The topological polar surface area (TPSA) is 123 Å². The summed E-state index contributed by atoms with van der Waals surface area (Å²) in [6, 6.07) is 16.7. The molecule has 10 heteroatoms. The van der Waals surface area contributed by atoms with Crippen LogP contribution in [-0.2, 0) is 27.8 Å². The molecule has 1 amide bonds. The van der Waals surface area contributed by atoms with Crippen molar-refractivity contribution in [2.45, 2.75) is 43.2 Å². The molecule has 0 aliphatic heterocycles. The third kappa shape index (κ3) is 5.18. The first-order chi connectivity index (χ1) is 16.9. The van der Waals surface area contributed by atoms with Gasteiger partial charge in [0.05, 0.1) is 28.6 Å². The summed E-state index contributed by atoms with van der Waals surface area (Å²) in [6.07, 6.45) is 3.72. The van der Waals surface area contributed by atoms with Gasteiger partial charge in [-0.3, -0.25) is 14.2 Å². The number of amides is 1. The number of rotatable bonds is 9. The fourth-order valence-corrected chi connectivity index (χ4v) is 4.97. The first-order valence-corrected chi connectivity index (χ1v) is 12.8. The lowest BCUT2D eigenvalue weighted by Crippen LogP contribution is -2.25. The van der Waals surface area contributed by atoms with Crippen molar-refractivity contribution in [3.05, 3.63) is 88.9 Å². The minimum absolute atomic E-state index is 0.0212. The molecule has 1 fully saturated rings. The average Bonchev–Trinajstić information content (AvgIpc) is 3.54. The summed E-state index contributed by atoms with van der Waals surface area (Å²) in [6.45, 7) is 0.0212. The maximum atomic E-state index is 13.0. The number of hydrogen-bond acceptors (Lipinski definition) is 6. The Morgan fingerprint density at radius 2 is 1.91 bits per heavy atom. The van der Waals surface area contributed by atoms with Crippen molar-refractivity contribution >= 4 is 32.5 Å². The molecule has 9 nitrogen and oxygen atoms in total. The van der Waals surface area contributed by atoms with E-state index >= 15 is 0 Å². The van der Waals surface area contributed by atoms with Gasteiger partial charge in [0.2, 0.25) is 15.9 Å². The molecule has 0 atom stereocenters. The number of sulfonamides is 1. The number of nitrogens with one attached hydrogen (secondary N) is 2. The molecule has 0 spiro atoms. The number of carbonyl (C=O) groups excluding carboxylic acids is 1. The predicted octanol–water partition coefficient (Wildman–Crippen LogP) is 3.37. The summed E-state index contributed by atoms with van der Waals surface area (Å²) < 4.78 is 34.6. The summed E-state index contributed by atoms with van der Waals surface area (Å²) in [5.74, 6) is 0.780. The van der Waals surface area contributed by atoms with Crippen LogP contribution < -0.4 is 15.6 Å². The molecule has 1 aliphatic carbocycles. The van der Waals surface area contributed by atoms with Crippen LogP contribution in [0.3, 0.4) is 0 Å². The number of para-hydroxylation sites is 1. The SMILES string of the molecule is O=C(CCc1nc2ccccc2c(=O)n1C1CC1)Nc1cccc(S(=O)(=O)NCc2ccco2)c1. The fourth-order valence-electron chi connectivity index (χ4n) is 3.93. The first-order valence-electron chi connectivity index (χ1n) is 11.3. The van der Waals surface area contributed by atoms with Crippen molar-refractivity contribution in [2.75, 3.05) is 5.32 Å². The van der Waals surface area contributed by atoms with Crippen LogP contribution in [0.4, 0.5) is 5.69 Å². The summed E-state index contributed by atoms with van der Waals surface area (Å²) >= 11 is 0. The van der Waals surface area contributed by atoms with Gasteiger partial charge in [-0.15, -0.1) is 0 Å². The number of anilines is 1. The Morgan fingerprint density at radius 3 is 2.69 bits per heavy atom. The molecule has 4 aromatic rings. The third-order valence-electron chi connectivity index (χ3n) is 5.81. The van der Waals surface area contributed by atoms with E-state index < -0.39 is 10.0 Å². The lowest BCUT2D eigenvalue weighted by Gasteiger charge is -2.13. The maximum absolute atomic E-state index is 13.0. The van der Waals surface area contributed by atoms with Crippen molar-refractivity contribution in [1.82, 2.24) is 14.3 Å². The molecule has 180 valence electrons. The Bertz CT molecular complexity index is 1540. The number of fused-ring (bicyclic) bond motifs is 1. The first kappa shape index (κ1) is 23.0. The van der Waals surface area contributed by atoms with Gasteiger partial charge in [0.1, 0.15) is 11.6 Å². The van der Waals surface area contributed by atoms with Crippen LogP contribution in [0, 0.1) is 0 Å². The van der Waals surface area contributed by atoms with Gasteiger partial charge in [-0.05, 0) is 55.3 Å². The van der Waals surface area contributed by atoms with Crippen LogP contribution >= 0.6 is 0 Å². The summed E-state index contributed by atoms with van der Waals surface area (Å²) in [5, 5.41) is 3.32. The van der Waals surface area contributed by atoms with Crippen molar-refractivity contribution in [1.29, 1.82) is 0 Å². The highest BCUT2D eigenvalue weighted by Gasteiger charge is 2.28. The van der Waals surface area contributed by atoms with Gasteiger partial charge in [-0.25, -0.2) is 18.1 Å². The van der Waals surface area contributed by atoms with Crippen molar-refractivity contribution < 1.29 is 17.6 Å². The van der Waals surface area contributed by atoms with E-state index in [1.165, 1.54) is 18.4 Å². The second-order valence-electron chi connectivity index (χ2n) is 8.43. The van der Waals surface area contributed by atoms with Gasteiger partial charge in [-0.2, -0.15) is 0 Å². The molecule has 0 radical (unpaired) electrons.